The van der Waals surface area contributed by atoms with E-state index >= 15 is 0 Å². The van der Waals surface area contributed by atoms with E-state index in [4.69, 9.17) is 4.74 Å². The third kappa shape index (κ3) is 4.61. The van der Waals surface area contributed by atoms with Crippen LogP contribution >= 0.6 is 0 Å². The number of nitrogens with one attached hydrogen (secondary N) is 2. The zero-order valence-corrected chi connectivity index (χ0v) is 9.75. The second-order valence-corrected chi connectivity index (χ2v) is 3.89. The van der Waals surface area contributed by atoms with E-state index in [1.54, 1.807) is 6.92 Å². The van der Waals surface area contributed by atoms with Gasteiger partial charge in [-0.1, -0.05) is 0 Å². The van der Waals surface area contributed by atoms with Gasteiger partial charge in [0.2, 0.25) is 5.91 Å². The Balaban J connectivity index is 2.02. The predicted octanol–water partition coefficient (Wildman–Crippen LogP) is 0.0554. The van der Waals surface area contributed by atoms with E-state index in [0.717, 1.165) is 19.5 Å². The molecule has 0 spiro atoms. The van der Waals surface area contributed by atoms with Crippen molar-refractivity contribution in [2.75, 3.05) is 26.2 Å². The topological polar surface area (TPSA) is 67.4 Å². The first kappa shape index (κ1) is 13.0. The van der Waals surface area contributed by atoms with Gasteiger partial charge < -0.3 is 15.4 Å². The van der Waals surface area contributed by atoms with Crippen LogP contribution in [0.5, 0.6) is 0 Å². The Morgan fingerprint density at radius 1 is 1.50 bits per heavy atom. The van der Waals surface area contributed by atoms with Crippen molar-refractivity contribution in [3.05, 3.63) is 0 Å². The standard InChI is InChI=1S/C11H20N2O3/c1-2-16-10(14)4-3-6-13-11(15)9-5-7-12-8-9/h9,12H,2-8H2,1H3,(H,13,15). The number of carbonyl (C=O) groups excluding carboxylic acids is 2. The van der Waals surface area contributed by atoms with E-state index in [0.29, 0.717) is 26.0 Å². The molecule has 1 atom stereocenters. The smallest absolute Gasteiger partial charge is 0.305 e. The Morgan fingerprint density at radius 2 is 2.31 bits per heavy atom. The summed E-state index contributed by atoms with van der Waals surface area (Å²) in [4.78, 5) is 22.5. The number of hydrogen-bond acceptors (Lipinski definition) is 4. The summed E-state index contributed by atoms with van der Waals surface area (Å²) < 4.78 is 4.79. The number of esters is 1. The second kappa shape index (κ2) is 7.22. The van der Waals surface area contributed by atoms with Crippen molar-refractivity contribution in [2.24, 2.45) is 5.92 Å². The Hall–Kier alpha value is -1.10. The van der Waals surface area contributed by atoms with Gasteiger partial charge in [0.05, 0.1) is 12.5 Å². The van der Waals surface area contributed by atoms with Gasteiger partial charge in [0.1, 0.15) is 0 Å². The van der Waals surface area contributed by atoms with Crippen LogP contribution in [0.1, 0.15) is 26.2 Å². The van der Waals surface area contributed by atoms with Crippen LogP contribution < -0.4 is 10.6 Å². The molecule has 1 rings (SSSR count). The molecule has 1 fully saturated rings. The maximum atomic E-state index is 11.5. The molecule has 16 heavy (non-hydrogen) atoms. The van der Waals surface area contributed by atoms with Crippen LogP contribution in [0.15, 0.2) is 0 Å². The van der Waals surface area contributed by atoms with Gasteiger partial charge in [-0.2, -0.15) is 0 Å². The fourth-order valence-corrected chi connectivity index (χ4v) is 1.70. The largest absolute Gasteiger partial charge is 0.466 e. The van der Waals surface area contributed by atoms with Crippen LogP contribution in [0.3, 0.4) is 0 Å². The summed E-state index contributed by atoms with van der Waals surface area (Å²) in [6.07, 6.45) is 1.92. The highest BCUT2D eigenvalue weighted by atomic mass is 16.5. The van der Waals surface area contributed by atoms with Gasteiger partial charge in [0.15, 0.2) is 0 Å². The third-order valence-corrected chi connectivity index (χ3v) is 2.59. The fourth-order valence-electron chi connectivity index (χ4n) is 1.70. The van der Waals surface area contributed by atoms with Gasteiger partial charge in [-0.05, 0) is 26.3 Å². The summed E-state index contributed by atoms with van der Waals surface area (Å²) in [5.41, 5.74) is 0. The number of rotatable bonds is 6. The van der Waals surface area contributed by atoms with Gasteiger partial charge in [0.25, 0.3) is 0 Å². The number of hydrogen-bond donors (Lipinski definition) is 2. The minimum Gasteiger partial charge on any atom is -0.466 e. The van der Waals surface area contributed by atoms with Crippen LogP contribution in [0, 0.1) is 5.92 Å². The van der Waals surface area contributed by atoms with Crippen molar-refractivity contribution >= 4 is 11.9 Å². The lowest BCUT2D eigenvalue weighted by atomic mass is 10.1. The van der Waals surface area contributed by atoms with Crippen LogP contribution in [0.2, 0.25) is 0 Å². The van der Waals surface area contributed by atoms with E-state index in [2.05, 4.69) is 10.6 Å². The molecule has 5 nitrogen and oxygen atoms in total. The lowest BCUT2D eigenvalue weighted by molar-refractivity contribution is -0.143. The van der Waals surface area contributed by atoms with Crippen LogP contribution in [-0.4, -0.2) is 38.1 Å². The van der Waals surface area contributed by atoms with Crippen molar-refractivity contribution in [3.63, 3.8) is 0 Å². The summed E-state index contributed by atoms with van der Waals surface area (Å²) in [6, 6.07) is 0. The Bertz CT molecular complexity index is 237. The average molecular weight is 228 g/mol. The quantitative estimate of drug-likeness (QED) is 0.498. The SMILES string of the molecule is CCOC(=O)CCCNC(=O)C1CCNC1. The summed E-state index contributed by atoms with van der Waals surface area (Å²) in [5.74, 6) is -0.00395. The molecular weight excluding hydrogens is 208 g/mol. The molecule has 1 amide bonds. The molecule has 0 bridgehead atoms. The zero-order chi connectivity index (χ0) is 11.8. The number of carbonyl (C=O) groups is 2. The zero-order valence-electron chi connectivity index (χ0n) is 9.75. The highest BCUT2D eigenvalue weighted by molar-refractivity contribution is 5.79. The van der Waals surface area contributed by atoms with Gasteiger partial charge in [-0.3, -0.25) is 9.59 Å². The molecule has 1 aliphatic heterocycles. The first-order valence-corrected chi connectivity index (χ1v) is 5.88. The summed E-state index contributed by atoms with van der Waals surface area (Å²) >= 11 is 0. The minimum absolute atomic E-state index is 0.0915. The van der Waals surface area contributed by atoms with Crippen molar-refractivity contribution < 1.29 is 14.3 Å². The molecule has 0 saturated carbocycles. The molecule has 1 saturated heterocycles. The van der Waals surface area contributed by atoms with Gasteiger partial charge in [-0.25, -0.2) is 0 Å². The van der Waals surface area contributed by atoms with E-state index in [1.807, 2.05) is 0 Å². The molecule has 0 aromatic carbocycles. The predicted molar refractivity (Wildman–Crippen MR) is 59.9 cm³/mol. The molecular formula is C11H20N2O3. The summed E-state index contributed by atoms with van der Waals surface area (Å²) in [5, 5.41) is 5.98. The highest BCUT2D eigenvalue weighted by Crippen LogP contribution is 2.06. The maximum Gasteiger partial charge on any atom is 0.305 e. The molecule has 0 aromatic rings. The Kier molecular flexibility index (Phi) is 5.85. The molecule has 2 N–H and O–H groups in total. The first-order chi connectivity index (χ1) is 7.74. The number of ether oxygens (including phenoxy) is 1. The summed E-state index contributed by atoms with van der Waals surface area (Å²) in [7, 11) is 0. The molecule has 0 aliphatic carbocycles. The Labute approximate surface area is 95.9 Å². The monoisotopic (exact) mass is 228 g/mol. The van der Waals surface area contributed by atoms with E-state index < -0.39 is 0 Å². The van der Waals surface area contributed by atoms with E-state index in [-0.39, 0.29) is 17.8 Å². The second-order valence-electron chi connectivity index (χ2n) is 3.89. The molecule has 0 aromatic heterocycles. The number of amides is 1. The van der Waals surface area contributed by atoms with Gasteiger partial charge in [0, 0.05) is 19.5 Å². The highest BCUT2D eigenvalue weighted by Gasteiger charge is 2.21. The lowest BCUT2D eigenvalue weighted by Crippen LogP contribution is -2.32. The normalized spacial score (nSPS) is 19.4. The summed E-state index contributed by atoms with van der Waals surface area (Å²) in [6.45, 7) is 4.43. The first-order valence-electron chi connectivity index (χ1n) is 5.88. The van der Waals surface area contributed by atoms with Gasteiger partial charge >= 0.3 is 5.97 Å². The minimum atomic E-state index is -0.195. The van der Waals surface area contributed by atoms with Crippen LogP contribution in [0.4, 0.5) is 0 Å². The van der Waals surface area contributed by atoms with Crippen molar-refractivity contribution in [3.8, 4) is 0 Å². The maximum absolute atomic E-state index is 11.5. The van der Waals surface area contributed by atoms with Crippen LogP contribution in [0.25, 0.3) is 0 Å². The molecule has 5 heteroatoms. The third-order valence-electron chi connectivity index (χ3n) is 2.59. The molecule has 1 heterocycles. The lowest BCUT2D eigenvalue weighted by Gasteiger charge is -2.09. The molecule has 0 radical (unpaired) electrons. The fraction of sp³-hybridized carbons (Fsp3) is 0.818. The van der Waals surface area contributed by atoms with Crippen LogP contribution in [-0.2, 0) is 14.3 Å². The van der Waals surface area contributed by atoms with E-state index in [9.17, 15) is 9.59 Å². The molecule has 92 valence electrons. The Morgan fingerprint density at radius 3 is 2.94 bits per heavy atom. The average Bonchev–Trinajstić information content (AvgIpc) is 2.78. The van der Waals surface area contributed by atoms with Crippen molar-refractivity contribution in [1.29, 1.82) is 0 Å². The van der Waals surface area contributed by atoms with Gasteiger partial charge in [-0.15, -0.1) is 0 Å². The van der Waals surface area contributed by atoms with Crippen molar-refractivity contribution in [2.45, 2.75) is 26.2 Å². The van der Waals surface area contributed by atoms with E-state index in [1.165, 1.54) is 0 Å². The molecule has 1 aliphatic rings. The molecule has 1 unspecified atom stereocenters. The van der Waals surface area contributed by atoms with Crippen molar-refractivity contribution in [1.82, 2.24) is 10.6 Å².